The highest BCUT2D eigenvalue weighted by atomic mass is 19.4. The number of aryl methyl sites for hydroxylation is 1. The Morgan fingerprint density at radius 2 is 2.06 bits per heavy atom. The Morgan fingerprint density at radius 3 is 2.77 bits per heavy atom. The SMILES string of the molecule is Cc1cc(C#N)c2c(c1)Oc1ccccc1[C@]1(C)[C@@H](CNC(=O)C(F)(F)F)CCCN21. The van der Waals surface area contributed by atoms with Crippen LogP contribution >= 0.6 is 0 Å². The van der Waals surface area contributed by atoms with E-state index in [0.717, 1.165) is 11.1 Å². The van der Waals surface area contributed by atoms with Crippen molar-refractivity contribution in [3.8, 4) is 17.6 Å². The van der Waals surface area contributed by atoms with E-state index < -0.39 is 17.6 Å². The summed E-state index contributed by atoms with van der Waals surface area (Å²) >= 11 is 0. The molecule has 2 aliphatic rings. The molecule has 2 aromatic carbocycles. The van der Waals surface area contributed by atoms with Gasteiger partial charge in [-0.15, -0.1) is 0 Å². The Balaban J connectivity index is 1.86. The first kappa shape index (κ1) is 21.0. The molecule has 2 aromatic rings. The maximum atomic E-state index is 12.8. The first-order chi connectivity index (χ1) is 14.7. The van der Waals surface area contributed by atoms with Gasteiger partial charge in [0.1, 0.15) is 11.8 Å². The van der Waals surface area contributed by atoms with Gasteiger partial charge >= 0.3 is 12.1 Å². The van der Waals surface area contributed by atoms with Crippen LogP contribution in [-0.2, 0) is 10.3 Å². The highest BCUT2D eigenvalue weighted by Crippen LogP contribution is 2.54. The number of amides is 1. The van der Waals surface area contributed by atoms with Gasteiger partial charge in [0.25, 0.3) is 0 Å². The number of carbonyl (C=O) groups is 1. The summed E-state index contributed by atoms with van der Waals surface area (Å²) in [5, 5.41) is 11.9. The number of nitriles is 1. The predicted octanol–water partition coefficient (Wildman–Crippen LogP) is 4.78. The van der Waals surface area contributed by atoms with E-state index in [9.17, 15) is 23.2 Å². The average Bonchev–Trinajstić information content (AvgIpc) is 2.83. The van der Waals surface area contributed by atoms with Crippen molar-refractivity contribution in [2.45, 2.75) is 38.4 Å². The fraction of sp³-hybridized carbons (Fsp3) is 0.391. The molecular weight excluding hydrogens is 407 g/mol. The Hall–Kier alpha value is -3.21. The van der Waals surface area contributed by atoms with Crippen molar-refractivity contribution in [1.82, 2.24) is 5.32 Å². The van der Waals surface area contributed by atoms with Crippen molar-refractivity contribution in [2.75, 3.05) is 18.0 Å². The number of nitrogens with zero attached hydrogens (tertiary/aromatic N) is 2. The molecule has 0 aliphatic carbocycles. The van der Waals surface area contributed by atoms with Crippen LogP contribution in [0.3, 0.4) is 0 Å². The van der Waals surface area contributed by atoms with E-state index in [-0.39, 0.29) is 12.5 Å². The largest absolute Gasteiger partial charge is 0.471 e. The highest BCUT2D eigenvalue weighted by molar-refractivity contribution is 5.81. The summed E-state index contributed by atoms with van der Waals surface area (Å²) < 4.78 is 44.6. The fourth-order valence-electron chi connectivity index (χ4n) is 4.84. The number of ether oxygens (including phenoxy) is 1. The third-order valence-corrected chi connectivity index (χ3v) is 6.32. The van der Waals surface area contributed by atoms with E-state index in [1.165, 1.54) is 0 Å². The lowest BCUT2D eigenvalue weighted by atomic mass is 9.72. The molecule has 4 rings (SSSR count). The number of fused-ring (bicyclic) bond motifs is 5. The lowest BCUT2D eigenvalue weighted by Crippen LogP contribution is -2.56. The summed E-state index contributed by atoms with van der Waals surface area (Å²) in [5.41, 5.74) is 2.01. The van der Waals surface area contributed by atoms with E-state index in [1.807, 2.05) is 44.2 Å². The molecule has 0 radical (unpaired) electrons. The summed E-state index contributed by atoms with van der Waals surface area (Å²) in [4.78, 5) is 13.6. The van der Waals surface area contributed by atoms with Gasteiger partial charge in [0.2, 0.25) is 0 Å². The summed E-state index contributed by atoms with van der Waals surface area (Å²) in [6.45, 7) is 4.31. The van der Waals surface area contributed by atoms with Crippen molar-refractivity contribution in [1.29, 1.82) is 5.26 Å². The predicted molar refractivity (Wildman–Crippen MR) is 109 cm³/mol. The molecule has 31 heavy (non-hydrogen) atoms. The van der Waals surface area contributed by atoms with Crippen molar-refractivity contribution < 1.29 is 22.7 Å². The average molecular weight is 429 g/mol. The lowest BCUT2D eigenvalue weighted by molar-refractivity contribution is -0.173. The number of hydrogen-bond acceptors (Lipinski definition) is 4. The molecule has 1 N–H and O–H groups in total. The second-order valence-electron chi connectivity index (χ2n) is 8.22. The highest BCUT2D eigenvalue weighted by Gasteiger charge is 2.49. The van der Waals surface area contributed by atoms with Crippen LogP contribution in [0.4, 0.5) is 18.9 Å². The number of para-hydroxylation sites is 1. The number of alkyl halides is 3. The zero-order valence-electron chi connectivity index (χ0n) is 17.2. The molecule has 1 amide bonds. The second kappa shape index (κ2) is 7.49. The standard InChI is InChI=1S/C23H22F3N3O2/c1-14-10-15(12-27)20-19(11-14)31-18-8-4-3-7-17(18)22(2)16(6-5-9-29(20)22)13-28-21(30)23(24,25)26/h3-4,7-8,10-11,16H,5-6,9,13H2,1-2H3,(H,28,30)/t16-,22+/m1/s1. The molecule has 1 saturated heterocycles. The van der Waals surface area contributed by atoms with Crippen molar-refractivity contribution in [2.24, 2.45) is 5.92 Å². The zero-order chi connectivity index (χ0) is 22.4. The minimum atomic E-state index is -4.93. The minimum absolute atomic E-state index is 0.136. The number of halogens is 3. The fourth-order valence-corrected chi connectivity index (χ4v) is 4.84. The quantitative estimate of drug-likeness (QED) is 0.746. The number of carbonyl (C=O) groups excluding carboxylic acids is 1. The Morgan fingerprint density at radius 1 is 1.32 bits per heavy atom. The summed E-state index contributed by atoms with van der Waals surface area (Å²) in [7, 11) is 0. The number of nitrogens with one attached hydrogen (secondary N) is 1. The smallest absolute Gasteiger partial charge is 0.455 e. The summed E-state index contributed by atoms with van der Waals surface area (Å²) in [6, 6.07) is 13.3. The van der Waals surface area contributed by atoms with Gasteiger partial charge in [0.05, 0.1) is 16.8 Å². The maximum absolute atomic E-state index is 12.8. The van der Waals surface area contributed by atoms with Gasteiger partial charge in [-0.05, 0) is 50.5 Å². The van der Waals surface area contributed by atoms with Gasteiger partial charge in [-0.2, -0.15) is 18.4 Å². The molecule has 0 bridgehead atoms. The van der Waals surface area contributed by atoms with Crippen LogP contribution in [0.25, 0.3) is 0 Å². The minimum Gasteiger partial charge on any atom is -0.455 e. The third-order valence-electron chi connectivity index (χ3n) is 6.32. The van der Waals surface area contributed by atoms with Gasteiger partial charge in [-0.1, -0.05) is 18.2 Å². The zero-order valence-corrected chi connectivity index (χ0v) is 17.2. The van der Waals surface area contributed by atoms with Crippen LogP contribution in [0, 0.1) is 24.2 Å². The van der Waals surface area contributed by atoms with E-state index >= 15 is 0 Å². The molecule has 5 nitrogen and oxygen atoms in total. The summed E-state index contributed by atoms with van der Waals surface area (Å²) in [6.07, 6.45) is -3.59. The molecule has 0 unspecified atom stereocenters. The van der Waals surface area contributed by atoms with E-state index in [2.05, 4.69) is 16.3 Å². The molecule has 162 valence electrons. The summed E-state index contributed by atoms with van der Waals surface area (Å²) in [5.74, 6) is -1.12. The molecule has 2 heterocycles. The Bertz CT molecular complexity index is 1080. The van der Waals surface area contributed by atoms with Gasteiger partial charge in [-0.25, -0.2) is 0 Å². The Kier molecular flexibility index (Phi) is 5.08. The maximum Gasteiger partial charge on any atom is 0.471 e. The van der Waals surface area contributed by atoms with E-state index in [4.69, 9.17) is 4.74 Å². The third kappa shape index (κ3) is 3.48. The molecule has 8 heteroatoms. The molecule has 0 aromatic heterocycles. The number of anilines is 1. The first-order valence-corrected chi connectivity index (χ1v) is 10.1. The molecule has 2 aliphatic heterocycles. The molecular formula is C23H22F3N3O2. The van der Waals surface area contributed by atoms with Crippen LogP contribution in [0.5, 0.6) is 11.5 Å². The molecule has 0 saturated carbocycles. The topological polar surface area (TPSA) is 65.4 Å². The number of benzene rings is 2. The van der Waals surface area contributed by atoms with Crippen LogP contribution in [0.1, 0.15) is 36.5 Å². The van der Waals surface area contributed by atoms with E-state index in [0.29, 0.717) is 42.1 Å². The normalized spacial score (nSPS) is 22.2. The number of piperidine rings is 1. The molecule has 0 spiro atoms. The van der Waals surface area contributed by atoms with Gasteiger partial charge in [-0.3, -0.25) is 4.79 Å². The van der Waals surface area contributed by atoms with Gasteiger partial charge in [0.15, 0.2) is 5.75 Å². The van der Waals surface area contributed by atoms with Crippen LogP contribution in [-0.4, -0.2) is 25.2 Å². The van der Waals surface area contributed by atoms with Crippen LogP contribution < -0.4 is 15.0 Å². The van der Waals surface area contributed by atoms with Crippen LogP contribution in [0.15, 0.2) is 36.4 Å². The lowest BCUT2D eigenvalue weighted by Gasteiger charge is -2.51. The number of hydrogen-bond donors (Lipinski definition) is 1. The number of rotatable bonds is 2. The van der Waals surface area contributed by atoms with Crippen molar-refractivity contribution in [3.05, 3.63) is 53.1 Å². The van der Waals surface area contributed by atoms with E-state index in [1.54, 1.807) is 6.07 Å². The van der Waals surface area contributed by atoms with Gasteiger partial charge < -0.3 is 15.0 Å². The van der Waals surface area contributed by atoms with Crippen LogP contribution in [0.2, 0.25) is 0 Å². The second-order valence-corrected chi connectivity index (χ2v) is 8.22. The molecule has 2 atom stereocenters. The first-order valence-electron chi connectivity index (χ1n) is 10.1. The molecule has 1 fully saturated rings. The van der Waals surface area contributed by atoms with Gasteiger partial charge in [0, 0.05) is 24.6 Å². The Labute approximate surface area is 178 Å². The monoisotopic (exact) mass is 429 g/mol. The van der Waals surface area contributed by atoms with Crippen molar-refractivity contribution >= 4 is 11.6 Å². The van der Waals surface area contributed by atoms with Crippen molar-refractivity contribution in [3.63, 3.8) is 0 Å².